The maximum absolute atomic E-state index is 13.9. The van der Waals surface area contributed by atoms with Crippen molar-refractivity contribution in [3.8, 4) is 5.75 Å². The van der Waals surface area contributed by atoms with Crippen LogP contribution >= 0.6 is 0 Å². The molecule has 5 rings (SSSR count). The van der Waals surface area contributed by atoms with Crippen molar-refractivity contribution in [1.29, 1.82) is 0 Å². The molecule has 2 unspecified atom stereocenters. The van der Waals surface area contributed by atoms with E-state index in [1.165, 1.54) is 30.9 Å². The number of likely N-dealkylation sites (N-methyl/N-ethyl adjacent to an activating group) is 1. The number of amides is 1. The molecule has 2 fully saturated rings. The fourth-order valence-electron chi connectivity index (χ4n) is 6.94. The van der Waals surface area contributed by atoms with Crippen LogP contribution in [0.5, 0.6) is 5.75 Å². The van der Waals surface area contributed by atoms with Gasteiger partial charge in [-0.3, -0.25) is 14.4 Å². The molecule has 1 aromatic carbocycles. The number of primary amides is 1. The van der Waals surface area contributed by atoms with Crippen LogP contribution in [-0.2, 0) is 37.4 Å². The van der Waals surface area contributed by atoms with E-state index < -0.39 is 74.5 Å². The number of benzene rings is 1. The number of fused-ring (bicyclic) bond motifs is 3. The Kier molecular flexibility index (Phi) is 7.09. The van der Waals surface area contributed by atoms with E-state index in [-0.39, 0.29) is 46.9 Å². The molecule has 0 aliphatic heterocycles. The lowest BCUT2D eigenvalue weighted by atomic mass is 9.54. The predicted octanol–water partition coefficient (Wildman–Crippen LogP) is -0.788. The lowest BCUT2D eigenvalue weighted by Gasteiger charge is -2.53. The second-order valence-corrected chi connectivity index (χ2v) is 13.1. The number of phenolic OH excluding ortho intramolecular Hbond substituents is 1. The van der Waals surface area contributed by atoms with Gasteiger partial charge in [-0.05, 0) is 63.9 Å². The number of hydrogen-bond donors (Lipinski definition) is 6. The van der Waals surface area contributed by atoms with Gasteiger partial charge in [-0.25, -0.2) is 13.1 Å². The molecule has 1 heterocycles. The Morgan fingerprint density at radius 1 is 1.24 bits per heavy atom. The van der Waals surface area contributed by atoms with Gasteiger partial charge >= 0.3 is 0 Å². The van der Waals surface area contributed by atoms with Crippen LogP contribution < -0.4 is 10.5 Å². The number of carbonyl (C=O) groups is 3. The summed E-state index contributed by atoms with van der Waals surface area (Å²) in [5.41, 5.74) is 3.13. The summed E-state index contributed by atoms with van der Waals surface area (Å²) in [4.78, 5) is 40.9. The van der Waals surface area contributed by atoms with Crippen LogP contribution in [0.15, 0.2) is 27.1 Å². The molecule has 2 aromatic rings. The molecule has 0 spiro atoms. The van der Waals surface area contributed by atoms with Crippen LogP contribution in [0.25, 0.3) is 5.76 Å². The zero-order valence-electron chi connectivity index (χ0n) is 23.3. The number of hydrogen-bond acceptors (Lipinski definition) is 12. The van der Waals surface area contributed by atoms with E-state index in [0.29, 0.717) is 11.1 Å². The number of nitrogens with two attached hydrogens (primary N) is 1. The highest BCUT2D eigenvalue weighted by molar-refractivity contribution is 7.89. The fourth-order valence-corrected chi connectivity index (χ4v) is 8.27. The zero-order chi connectivity index (χ0) is 31.0. The van der Waals surface area contributed by atoms with Gasteiger partial charge in [0.25, 0.3) is 0 Å². The third kappa shape index (κ3) is 4.18. The molecule has 3 aliphatic carbocycles. The van der Waals surface area contributed by atoms with Crippen molar-refractivity contribution in [3.05, 3.63) is 45.9 Å². The molecule has 15 heteroatoms. The molecule has 14 nitrogen and oxygen atoms in total. The van der Waals surface area contributed by atoms with Crippen LogP contribution in [0, 0.1) is 31.6 Å². The van der Waals surface area contributed by atoms with Crippen molar-refractivity contribution in [2.45, 2.75) is 55.9 Å². The second-order valence-electron chi connectivity index (χ2n) is 11.4. The molecule has 6 atom stereocenters. The Labute approximate surface area is 240 Å². The monoisotopic (exact) mass is 604 g/mol. The summed E-state index contributed by atoms with van der Waals surface area (Å²) in [6.45, 7) is 2.70. The molecule has 0 bridgehead atoms. The van der Waals surface area contributed by atoms with E-state index in [0.717, 1.165) is 0 Å². The number of phenols is 1. The number of Topliss-reactive ketones (excluding diaryl/α,β-unsaturated/α-hetero) is 2. The first-order chi connectivity index (χ1) is 19.5. The van der Waals surface area contributed by atoms with Crippen LogP contribution in [0.1, 0.15) is 34.6 Å². The quantitative estimate of drug-likeness (QED) is 0.223. The zero-order valence-corrected chi connectivity index (χ0v) is 24.1. The Bertz CT molecular complexity index is 1640. The SMILES string of the molecule is Cc1noc(C)c1S(=O)(=O)NCc1ccc(O)c2c1C[C@H]1C[C@H]3[C@H](N(C)C)C(O)C(C(N)=O)C(=O)[C@@]3(O)C(=O)C1=C2O. The first-order valence-corrected chi connectivity index (χ1v) is 14.7. The largest absolute Gasteiger partial charge is 0.507 e. The van der Waals surface area contributed by atoms with Gasteiger partial charge in [0.15, 0.2) is 17.1 Å². The Morgan fingerprint density at radius 2 is 1.90 bits per heavy atom. The maximum atomic E-state index is 13.9. The third-order valence-electron chi connectivity index (χ3n) is 8.76. The smallest absolute Gasteiger partial charge is 0.246 e. The van der Waals surface area contributed by atoms with Crippen LogP contribution in [0.2, 0.25) is 0 Å². The minimum atomic E-state index is -4.06. The molecule has 3 aliphatic rings. The lowest BCUT2D eigenvalue weighted by Crippen LogP contribution is -2.73. The summed E-state index contributed by atoms with van der Waals surface area (Å²) in [5, 5.41) is 48.4. The van der Waals surface area contributed by atoms with Gasteiger partial charge in [-0.15, -0.1) is 0 Å². The maximum Gasteiger partial charge on any atom is 0.246 e. The number of aliphatic hydroxyl groups excluding tert-OH is 2. The van der Waals surface area contributed by atoms with Gasteiger partial charge < -0.3 is 35.6 Å². The highest BCUT2D eigenvalue weighted by atomic mass is 32.2. The number of sulfonamides is 1. The van der Waals surface area contributed by atoms with Crippen molar-refractivity contribution in [2.24, 2.45) is 23.5 Å². The standard InChI is InChI=1S/C27H32N4O10S/c1-10-23(11(2)41-30-10)42(39,40)29-9-12-5-6-16(32)18-14(12)7-13-8-15-20(31(3)4)22(34)19(26(28)37)25(36)27(15,38)24(35)17(13)21(18)33/h5-6,13,15,19-20,22,29,32-34,38H,7-9H2,1-4H3,(H2,28,37)/t13-,15-,19?,20-,22?,27-/m0/s1. The van der Waals surface area contributed by atoms with Gasteiger partial charge in [0.05, 0.1) is 11.7 Å². The van der Waals surface area contributed by atoms with Crippen molar-refractivity contribution in [2.75, 3.05) is 14.1 Å². The third-order valence-corrected chi connectivity index (χ3v) is 10.4. The summed E-state index contributed by atoms with van der Waals surface area (Å²) in [5.74, 6) is -8.34. The molecule has 2 saturated carbocycles. The van der Waals surface area contributed by atoms with E-state index in [9.17, 15) is 43.2 Å². The molecule has 0 radical (unpaired) electrons. The molecule has 0 saturated heterocycles. The number of nitrogens with one attached hydrogen (secondary N) is 1. The number of ketones is 2. The minimum Gasteiger partial charge on any atom is -0.507 e. The fraction of sp³-hybridized carbons (Fsp3) is 0.481. The van der Waals surface area contributed by atoms with Crippen LogP contribution in [0.3, 0.4) is 0 Å². The van der Waals surface area contributed by atoms with Crippen molar-refractivity contribution in [1.82, 2.24) is 14.8 Å². The highest BCUT2D eigenvalue weighted by Crippen LogP contribution is 2.52. The molecule has 42 heavy (non-hydrogen) atoms. The summed E-state index contributed by atoms with van der Waals surface area (Å²) in [6, 6.07) is 1.69. The van der Waals surface area contributed by atoms with E-state index in [2.05, 4.69) is 9.88 Å². The topological polar surface area (TPSA) is 234 Å². The molecule has 7 N–H and O–H groups in total. The van der Waals surface area contributed by atoms with Crippen molar-refractivity contribution < 1.29 is 47.8 Å². The number of aryl methyl sites for hydroxylation is 2. The van der Waals surface area contributed by atoms with Crippen LogP contribution in [-0.4, -0.2) is 88.2 Å². The average molecular weight is 605 g/mol. The summed E-state index contributed by atoms with van der Waals surface area (Å²) < 4.78 is 33.5. The van der Waals surface area contributed by atoms with E-state index >= 15 is 0 Å². The number of aromatic nitrogens is 1. The van der Waals surface area contributed by atoms with E-state index in [4.69, 9.17) is 10.3 Å². The summed E-state index contributed by atoms with van der Waals surface area (Å²) in [7, 11) is -0.938. The number of nitrogens with zero attached hydrogens (tertiary/aromatic N) is 2. The van der Waals surface area contributed by atoms with Crippen molar-refractivity contribution >= 4 is 33.3 Å². The van der Waals surface area contributed by atoms with E-state index in [1.807, 2.05) is 0 Å². The lowest BCUT2D eigenvalue weighted by molar-refractivity contribution is -0.184. The Balaban J connectivity index is 1.58. The first-order valence-electron chi connectivity index (χ1n) is 13.2. The van der Waals surface area contributed by atoms with Crippen molar-refractivity contribution in [3.63, 3.8) is 0 Å². The van der Waals surface area contributed by atoms with Crippen LogP contribution in [0.4, 0.5) is 0 Å². The average Bonchev–Trinajstić information content (AvgIpc) is 3.23. The molecule has 226 valence electrons. The Hall–Kier alpha value is -3.63. The number of aromatic hydroxyl groups is 1. The Morgan fingerprint density at radius 3 is 2.48 bits per heavy atom. The predicted molar refractivity (Wildman–Crippen MR) is 144 cm³/mol. The second kappa shape index (κ2) is 9.98. The van der Waals surface area contributed by atoms with Gasteiger partial charge in [0.1, 0.15) is 28.0 Å². The van der Waals surface area contributed by atoms with Gasteiger partial charge in [0, 0.05) is 24.1 Å². The van der Waals surface area contributed by atoms with Gasteiger partial charge in [-0.2, -0.15) is 0 Å². The highest BCUT2D eigenvalue weighted by Gasteiger charge is 2.67. The van der Waals surface area contributed by atoms with Gasteiger partial charge in [-0.1, -0.05) is 11.2 Å². The first kappa shape index (κ1) is 29.8. The summed E-state index contributed by atoms with van der Waals surface area (Å²) in [6.07, 6.45) is -1.62. The molecule has 1 aromatic heterocycles. The molecular formula is C27H32N4O10S. The van der Waals surface area contributed by atoms with E-state index in [1.54, 1.807) is 14.1 Å². The minimum absolute atomic E-state index is 0.0352. The normalized spacial score (nSPS) is 29.4. The number of rotatable bonds is 6. The number of carbonyl (C=O) groups excluding carboxylic acids is 3. The number of aliphatic hydroxyl groups is 3. The summed E-state index contributed by atoms with van der Waals surface area (Å²) >= 11 is 0. The molecule has 1 amide bonds. The van der Waals surface area contributed by atoms with Gasteiger partial charge in [0.2, 0.25) is 21.7 Å². The molecular weight excluding hydrogens is 572 g/mol.